The molecule has 0 aliphatic rings. The summed E-state index contributed by atoms with van der Waals surface area (Å²) in [6, 6.07) is 19.8. The fourth-order valence-corrected chi connectivity index (χ4v) is 3.32. The van der Waals surface area contributed by atoms with Crippen molar-refractivity contribution in [1.82, 2.24) is 14.8 Å². The van der Waals surface area contributed by atoms with Crippen molar-refractivity contribution in [2.75, 3.05) is 5.32 Å². The number of aromatic nitrogens is 3. The summed E-state index contributed by atoms with van der Waals surface area (Å²) >= 11 is 18.0. The van der Waals surface area contributed by atoms with Gasteiger partial charge in [-0.3, -0.25) is 4.79 Å². The predicted molar refractivity (Wildman–Crippen MR) is 121 cm³/mol. The number of carbonyl (C=O) groups is 1. The number of nitrogens with one attached hydrogen (secondary N) is 1. The molecule has 4 aromatic rings. The molecule has 1 amide bonds. The summed E-state index contributed by atoms with van der Waals surface area (Å²) in [5.74, 6) is 0.0825. The SMILES string of the molecule is Cc1cccc(-n2nc(C(=O)Nc3ccc(Cl)c(Cl)c3)nc2-c2ccc(Cl)cc2)c1. The molecule has 5 nitrogen and oxygen atoms in total. The molecule has 0 fully saturated rings. The average Bonchev–Trinajstić information content (AvgIpc) is 3.17. The fraction of sp³-hybridized carbons (Fsp3) is 0.0455. The second-order valence-electron chi connectivity index (χ2n) is 6.60. The van der Waals surface area contributed by atoms with E-state index in [1.165, 1.54) is 0 Å². The highest BCUT2D eigenvalue weighted by molar-refractivity contribution is 6.42. The van der Waals surface area contributed by atoms with Gasteiger partial charge < -0.3 is 5.32 Å². The third-order valence-corrected chi connectivity index (χ3v) is 5.33. The Balaban J connectivity index is 1.75. The molecule has 0 spiro atoms. The molecule has 1 heterocycles. The maximum atomic E-state index is 12.8. The Hall–Kier alpha value is -2.86. The van der Waals surface area contributed by atoms with Crippen LogP contribution in [0.2, 0.25) is 15.1 Å². The summed E-state index contributed by atoms with van der Waals surface area (Å²) in [4.78, 5) is 17.3. The van der Waals surface area contributed by atoms with Crippen molar-refractivity contribution in [3.8, 4) is 17.1 Å². The second kappa shape index (κ2) is 8.48. The highest BCUT2D eigenvalue weighted by atomic mass is 35.5. The van der Waals surface area contributed by atoms with Crippen molar-refractivity contribution in [3.63, 3.8) is 0 Å². The molecular weight excluding hydrogens is 443 g/mol. The van der Waals surface area contributed by atoms with E-state index in [0.29, 0.717) is 26.6 Å². The molecule has 0 bridgehead atoms. The molecular formula is C22H15Cl3N4O. The second-order valence-corrected chi connectivity index (χ2v) is 7.85. The molecule has 0 saturated heterocycles. The van der Waals surface area contributed by atoms with Crippen LogP contribution in [0.5, 0.6) is 0 Å². The Morgan fingerprint density at radius 3 is 2.40 bits per heavy atom. The van der Waals surface area contributed by atoms with Crippen LogP contribution in [-0.4, -0.2) is 20.7 Å². The van der Waals surface area contributed by atoms with Gasteiger partial charge in [0, 0.05) is 16.3 Å². The molecule has 0 unspecified atom stereocenters. The molecule has 4 rings (SSSR count). The number of halogens is 3. The first-order valence-corrected chi connectivity index (χ1v) is 10.1. The zero-order chi connectivity index (χ0) is 21.3. The van der Waals surface area contributed by atoms with E-state index in [1.54, 1.807) is 35.0 Å². The van der Waals surface area contributed by atoms with E-state index < -0.39 is 5.91 Å². The van der Waals surface area contributed by atoms with Gasteiger partial charge >= 0.3 is 0 Å². The molecule has 1 aromatic heterocycles. The quantitative estimate of drug-likeness (QED) is 0.383. The fourth-order valence-electron chi connectivity index (χ4n) is 2.89. The number of nitrogens with zero attached hydrogens (tertiary/aromatic N) is 3. The van der Waals surface area contributed by atoms with Gasteiger partial charge in [0.1, 0.15) is 0 Å². The predicted octanol–water partition coefficient (Wildman–Crippen LogP) is 6.46. The first-order chi connectivity index (χ1) is 14.4. The molecule has 30 heavy (non-hydrogen) atoms. The Labute approximate surface area is 188 Å². The number of hydrogen-bond donors (Lipinski definition) is 1. The number of aryl methyl sites for hydroxylation is 1. The number of amides is 1. The standard InChI is InChI=1S/C22H15Cl3N4O/c1-13-3-2-4-17(11-13)29-21(14-5-7-15(23)8-6-14)27-20(28-29)22(30)26-16-9-10-18(24)19(25)12-16/h2-12H,1H3,(H,26,30). The number of carbonyl (C=O) groups excluding carboxylic acids is 1. The molecule has 0 atom stereocenters. The summed E-state index contributed by atoms with van der Waals surface area (Å²) in [6.07, 6.45) is 0. The van der Waals surface area contributed by atoms with Crippen LogP contribution in [0.25, 0.3) is 17.1 Å². The van der Waals surface area contributed by atoms with Crippen LogP contribution in [-0.2, 0) is 0 Å². The lowest BCUT2D eigenvalue weighted by Gasteiger charge is -2.07. The van der Waals surface area contributed by atoms with Gasteiger partial charge in [-0.1, -0.05) is 46.9 Å². The molecule has 3 aromatic carbocycles. The van der Waals surface area contributed by atoms with Crippen LogP contribution in [0.1, 0.15) is 16.2 Å². The van der Waals surface area contributed by atoms with E-state index in [2.05, 4.69) is 15.4 Å². The lowest BCUT2D eigenvalue weighted by molar-refractivity contribution is 0.101. The maximum absolute atomic E-state index is 12.8. The van der Waals surface area contributed by atoms with E-state index in [9.17, 15) is 4.79 Å². The van der Waals surface area contributed by atoms with E-state index in [-0.39, 0.29) is 5.82 Å². The van der Waals surface area contributed by atoms with Gasteiger partial charge in [-0.25, -0.2) is 9.67 Å². The number of anilines is 1. The van der Waals surface area contributed by atoms with E-state index in [0.717, 1.165) is 16.8 Å². The van der Waals surface area contributed by atoms with Gasteiger partial charge in [-0.2, -0.15) is 0 Å². The number of hydrogen-bond acceptors (Lipinski definition) is 3. The average molecular weight is 458 g/mol. The molecule has 1 N–H and O–H groups in total. The molecule has 0 aliphatic heterocycles. The van der Waals surface area contributed by atoms with Crippen LogP contribution >= 0.6 is 34.8 Å². The number of rotatable bonds is 4. The normalized spacial score (nSPS) is 10.8. The third-order valence-electron chi connectivity index (χ3n) is 4.34. The monoisotopic (exact) mass is 456 g/mol. The van der Waals surface area contributed by atoms with Crippen molar-refractivity contribution >= 4 is 46.4 Å². The Kier molecular flexibility index (Phi) is 5.77. The van der Waals surface area contributed by atoms with Gasteiger partial charge in [-0.15, -0.1) is 5.10 Å². The largest absolute Gasteiger partial charge is 0.319 e. The van der Waals surface area contributed by atoms with E-state index >= 15 is 0 Å². The van der Waals surface area contributed by atoms with E-state index in [1.807, 2.05) is 43.3 Å². The first kappa shape index (κ1) is 20.4. The summed E-state index contributed by atoms with van der Waals surface area (Å²) in [5, 5.41) is 8.56. The molecule has 0 radical (unpaired) electrons. The summed E-state index contributed by atoms with van der Waals surface area (Å²) in [6.45, 7) is 1.99. The smallest absolute Gasteiger partial charge is 0.295 e. The topological polar surface area (TPSA) is 59.8 Å². The van der Waals surface area contributed by atoms with Crippen LogP contribution in [0.15, 0.2) is 66.7 Å². The maximum Gasteiger partial charge on any atom is 0.295 e. The zero-order valence-electron chi connectivity index (χ0n) is 15.7. The summed E-state index contributed by atoms with van der Waals surface area (Å²) < 4.78 is 1.64. The van der Waals surface area contributed by atoms with Gasteiger partial charge in [0.2, 0.25) is 5.82 Å². The van der Waals surface area contributed by atoms with Crippen molar-refractivity contribution in [1.29, 1.82) is 0 Å². The van der Waals surface area contributed by atoms with E-state index in [4.69, 9.17) is 34.8 Å². The summed E-state index contributed by atoms with van der Waals surface area (Å²) in [7, 11) is 0. The van der Waals surface area contributed by atoms with Crippen LogP contribution < -0.4 is 5.32 Å². The Morgan fingerprint density at radius 1 is 0.933 bits per heavy atom. The molecule has 8 heteroatoms. The summed E-state index contributed by atoms with van der Waals surface area (Å²) in [5.41, 5.74) is 3.13. The Bertz CT molecular complexity index is 1240. The van der Waals surface area contributed by atoms with Crippen LogP contribution in [0.3, 0.4) is 0 Å². The third kappa shape index (κ3) is 4.33. The highest BCUT2D eigenvalue weighted by Gasteiger charge is 2.19. The lowest BCUT2D eigenvalue weighted by Crippen LogP contribution is -2.14. The highest BCUT2D eigenvalue weighted by Crippen LogP contribution is 2.26. The van der Waals surface area contributed by atoms with Crippen molar-refractivity contribution < 1.29 is 4.79 Å². The number of benzene rings is 3. The molecule has 0 saturated carbocycles. The van der Waals surface area contributed by atoms with Crippen molar-refractivity contribution in [2.45, 2.75) is 6.92 Å². The van der Waals surface area contributed by atoms with Gasteiger partial charge in [0.05, 0.1) is 15.7 Å². The minimum atomic E-state index is -0.463. The van der Waals surface area contributed by atoms with Crippen molar-refractivity contribution in [2.24, 2.45) is 0 Å². The Morgan fingerprint density at radius 2 is 1.70 bits per heavy atom. The minimum Gasteiger partial charge on any atom is -0.319 e. The first-order valence-electron chi connectivity index (χ1n) is 8.97. The van der Waals surface area contributed by atoms with Gasteiger partial charge in [0.25, 0.3) is 5.91 Å². The lowest BCUT2D eigenvalue weighted by atomic mass is 10.2. The zero-order valence-corrected chi connectivity index (χ0v) is 18.0. The van der Waals surface area contributed by atoms with Crippen molar-refractivity contribution in [3.05, 3.63) is 93.2 Å². The molecule has 150 valence electrons. The minimum absolute atomic E-state index is 0.0209. The van der Waals surface area contributed by atoms with Crippen LogP contribution in [0, 0.1) is 6.92 Å². The van der Waals surface area contributed by atoms with Gasteiger partial charge in [-0.05, 0) is 67.1 Å². The van der Waals surface area contributed by atoms with Crippen LogP contribution in [0.4, 0.5) is 5.69 Å². The van der Waals surface area contributed by atoms with Gasteiger partial charge in [0.15, 0.2) is 5.82 Å². The molecule has 0 aliphatic carbocycles.